The fourth-order valence-electron chi connectivity index (χ4n) is 3.86. The highest BCUT2D eigenvalue weighted by atomic mass is 14.9. The van der Waals surface area contributed by atoms with Gasteiger partial charge in [0.2, 0.25) is 0 Å². The summed E-state index contributed by atoms with van der Waals surface area (Å²) in [5.41, 5.74) is 6.61. The van der Waals surface area contributed by atoms with E-state index >= 15 is 0 Å². The van der Waals surface area contributed by atoms with Gasteiger partial charge in [-0.25, -0.2) is 9.97 Å². The molecular formula is C21H20N4. The molecule has 0 amide bonds. The molecule has 4 heteroatoms. The first-order valence-corrected chi connectivity index (χ1v) is 8.87. The molecule has 124 valence electrons. The summed E-state index contributed by atoms with van der Waals surface area (Å²) in [6, 6.07) is 13.3. The molecule has 0 unspecified atom stereocenters. The first kappa shape index (κ1) is 14.6. The average Bonchev–Trinajstić information content (AvgIpc) is 3.31. The SMILES string of the molecule is Cc1c[nH]c2ncc(-c3cc([C@H]4CCCN4)c4ccccc4n3)cc12. The number of hydrogen-bond acceptors (Lipinski definition) is 3. The number of aromatic amines is 1. The maximum Gasteiger partial charge on any atom is 0.137 e. The normalized spacial score (nSPS) is 17.6. The zero-order valence-electron chi connectivity index (χ0n) is 14.2. The topological polar surface area (TPSA) is 53.6 Å². The molecule has 0 spiro atoms. The van der Waals surface area contributed by atoms with Crippen molar-refractivity contribution in [3.05, 3.63) is 59.9 Å². The van der Waals surface area contributed by atoms with E-state index in [1.807, 2.05) is 12.4 Å². The van der Waals surface area contributed by atoms with Gasteiger partial charge in [-0.1, -0.05) is 18.2 Å². The summed E-state index contributed by atoms with van der Waals surface area (Å²) in [5, 5.41) is 6.04. The van der Waals surface area contributed by atoms with E-state index in [0.717, 1.165) is 34.4 Å². The van der Waals surface area contributed by atoms with Gasteiger partial charge in [-0.15, -0.1) is 0 Å². The van der Waals surface area contributed by atoms with Gasteiger partial charge in [-0.2, -0.15) is 0 Å². The smallest absolute Gasteiger partial charge is 0.137 e. The number of aromatic nitrogens is 3. The molecule has 0 aliphatic carbocycles. The number of pyridine rings is 2. The Morgan fingerprint density at radius 2 is 2.04 bits per heavy atom. The molecule has 1 aromatic carbocycles. The van der Waals surface area contributed by atoms with Crippen molar-refractivity contribution in [3.8, 4) is 11.3 Å². The summed E-state index contributed by atoms with van der Waals surface area (Å²) >= 11 is 0. The van der Waals surface area contributed by atoms with E-state index in [-0.39, 0.29) is 0 Å². The van der Waals surface area contributed by atoms with Crippen molar-refractivity contribution in [2.45, 2.75) is 25.8 Å². The highest BCUT2D eigenvalue weighted by molar-refractivity contribution is 5.88. The Kier molecular flexibility index (Phi) is 3.31. The predicted octanol–water partition coefficient (Wildman–Crippen LogP) is 4.51. The molecule has 4 heterocycles. The van der Waals surface area contributed by atoms with Gasteiger partial charge in [-0.3, -0.25) is 0 Å². The molecule has 3 aromatic heterocycles. The van der Waals surface area contributed by atoms with Gasteiger partial charge < -0.3 is 10.3 Å². The molecule has 4 aromatic rings. The van der Waals surface area contributed by atoms with E-state index in [0.29, 0.717) is 6.04 Å². The van der Waals surface area contributed by atoms with Crippen LogP contribution in [0, 0.1) is 6.92 Å². The van der Waals surface area contributed by atoms with E-state index in [9.17, 15) is 0 Å². The largest absolute Gasteiger partial charge is 0.346 e. The lowest BCUT2D eigenvalue weighted by Crippen LogP contribution is -2.13. The Morgan fingerprint density at radius 3 is 2.92 bits per heavy atom. The fourth-order valence-corrected chi connectivity index (χ4v) is 3.86. The molecule has 1 aliphatic heterocycles. The summed E-state index contributed by atoms with van der Waals surface area (Å²) in [4.78, 5) is 12.7. The van der Waals surface area contributed by atoms with Crippen molar-refractivity contribution in [2.24, 2.45) is 0 Å². The number of aryl methyl sites for hydroxylation is 1. The predicted molar refractivity (Wildman–Crippen MR) is 102 cm³/mol. The second-order valence-electron chi connectivity index (χ2n) is 6.85. The fraction of sp³-hybridized carbons (Fsp3) is 0.238. The van der Waals surface area contributed by atoms with Crippen LogP contribution >= 0.6 is 0 Å². The molecule has 1 saturated heterocycles. The number of hydrogen-bond donors (Lipinski definition) is 2. The molecule has 0 radical (unpaired) electrons. The first-order chi connectivity index (χ1) is 12.3. The van der Waals surface area contributed by atoms with Gasteiger partial charge in [0.1, 0.15) is 5.65 Å². The Balaban J connectivity index is 1.73. The summed E-state index contributed by atoms with van der Waals surface area (Å²) in [6.07, 6.45) is 6.33. The number of fused-ring (bicyclic) bond motifs is 2. The lowest BCUT2D eigenvalue weighted by Gasteiger charge is -2.15. The van der Waals surface area contributed by atoms with Crippen LogP contribution in [0.2, 0.25) is 0 Å². The van der Waals surface area contributed by atoms with Gasteiger partial charge in [-0.05, 0) is 55.6 Å². The monoisotopic (exact) mass is 328 g/mol. The summed E-state index contributed by atoms with van der Waals surface area (Å²) in [5.74, 6) is 0. The third-order valence-corrected chi connectivity index (χ3v) is 5.22. The van der Waals surface area contributed by atoms with E-state index < -0.39 is 0 Å². The maximum atomic E-state index is 4.92. The first-order valence-electron chi connectivity index (χ1n) is 8.87. The highest BCUT2D eigenvalue weighted by Gasteiger charge is 2.20. The van der Waals surface area contributed by atoms with Crippen LogP contribution in [0.1, 0.15) is 30.0 Å². The van der Waals surface area contributed by atoms with Crippen LogP contribution < -0.4 is 5.32 Å². The third kappa shape index (κ3) is 2.41. The van der Waals surface area contributed by atoms with E-state index in [1.165, 1.54) is 29.4 Å². The van der Waals surface area contributed by atoms with Gasteiger partial charge in [0.15, 0.2) is 0 Å². The molecule has 0 saturated carbocycles. The number of benzene rings is 1. The minimum atomic E-state index is 0.414. The molecule has 25 heavy (non-hydrogen) atoms. The zero-order valence-corrected chi connectivity index (χ0v) is 14.2. The Labute approximate surface area is 146 Å². The standard InChI is InChI=1S/C21H20N4/c1-13-11-23-21-16(13)9-14(12-24-21)20-10-17(18-7-4-8-22-18)15-5-2-3-6-19(15)25-20/h2-3,5-6,9-12,18,22H,4,7-8H2,1H3,(H,23,24)/t18-/m1/s1. The minimum absolute atomic E-state index is 0.414. The van der Waals surface area contributed by atoms with Gasteiger partial charge in [0.05, 0.1) is 11.2 Å². The third-order valence-electron chi connectivity index (χ3n) is 5.22. The second-order valence-corrected chi connectivity index (χ2v) is 6.85. The van der Waals surface area contributed by atoms with Crippen LogP contribution in [0.25, 0.3) is 33.2 Å². The van der Waals surface area contributed by atoms with E-state index in [1.54, 1.807) is 0 Å². The van der Waals surface area contributed by atoms with Gasteiger partial charge >= 0.3 is 0 Å². The highest BCUT2D eigenvalue weighted by Crippen LogP contribution is 2.33. The van der Waals surface area contributed by atoms with E-state index in [4.69, 9.17) is 4.98 Å². The van der Waals surface area contributed by atoms with Crippen LogP contribution in [0.5, 0.6) is 0 Å². The van der Waals surface area contributed by atoms with Gasteiger partial charge in [0.25, 0.3) is 0 Å². The number of nitrogens with zero attached hydrogens (tertiary/aromatic N) is 2. The molecule has 1 fully saturated rings. The van der Waals surface area contributed by atoms with E-state index in [2.05, 4.69) is 58.6 Å². The number of para-hydroxylation sites is 1. The Morgan fingerprint density at radius 1 is 1.12 bits per heavy atom. The average molecular weight is 328 g/mol. The minimum Gasteiger partial charge on any atom is -0.346 e. The molecular weight excluding hydrogens is 308 g/mol. The maximum absolute atomic E-state index is 4.92. The van der Waals surface area contributed by atoms with Crippen LogP contribution in [0.3, 0.4) is 0 Å². The van der Waals surface area contributed by atoms with Crippen LogP contribution in [-0.4, -0.2) is 21.5 Å². The Hall–Kier alpha value is -2.72. The molecule has 5 rings (SSSR count). The van der Waals surface area contributed by atoms with Crippen LogP contribution in [0.15, 0.2) is 48.8 Å². The molecule has 4 nitrogen and oxygen atoms in total. The van der Waals surface area contributed by atoms with Crippen molar-refractivity contribution in [1.82, 2.24) is 20.3 Å². The second kappa shape index (κ2) is 5.67. The molecule has 0 bridgehead atoms. The number of rotatable bonds is 2. The van der Waals surface area contributed by atoms with Gasteiger partial charge in [0, 0.05) is 34.8 Å². The van der Waals surface area contributed by atoms with Crippen LogP contribution in [-0.2, 0) is 0 Å². The quantitative estimate of drug-likeness (QED) is 0.569. The zero-order chi connectivity index (χ0) is 16.8. The van der Waals surface area contributed by atoms with Crippen molar-refractivity contribution in [2.75, 3.05) is 6.54 Å². The number of nitrogens with one attached hydrogen (secondary N) is 2. The van der Waals surface area contributed by atoms with Crippen LogP contribution in [0.4, 0.5) is 0 Å². The number of H-pyrrole nitrogens is 1. The van der Waals surface area contributed by atoms with Crippen molar-refractivity contribution >= 4 is 21.9 Å². The lowest BCUT2D eigenvalue weighted by atomic mass is 9.98. The molecule has 2 N–H and O–H groups in total. The Bertz CT molecular complexity index is 1070. The molecule has 1 aliphatic rings. The molecule has 1 atom stereocenters. The summed E-state index contributed by atoms with van der Waals surface area (Å²) < 4.78 is 0. The van der Waals surface area contributed by atoms with Crippen molar-refractivity contribution < 1.29 is 0 Å². The van der Waals surface area contributed by atoms with Crippen molar-refractivity contribution in [3.63, 3.8) is 0 Å². The lowest BCUT2D eigenvalue weighted by molar-refractivity contribution is 0.652. The summed E-state index contributed by atoms with van der Waals surface area (Å²) in [7, 11) is 0. The van der Waals surface area contributed by atoms with Crippen molar-refractivity contribution in [1.29, 1.82) is 0 Å². The summed E-state index contributed by atoms with van der Waals surface area (Å²) in [6.45, 7) is 3.19.